The molecule has 2 N–H and O–H groups in total. The van der Waals surface area contributed by atoms with E-state index in [-0.39, 0.29) is 11.7 Å². The van der Waals surface area contributed by atoms with Crippen molar-refractivity contribution in [1.82, 2.24) is 5.32 Å². The maximum Gasteiger partial charge on any atom is 0.329 e. The van der Waals surface area contributed by atoms with Crippen LogP contribution < -0.4 is 10.2 Å². The molecule has 1 aliphatic heterocycles. The Labute approximate surface area is 92.7 Å². The van der Waals surface area contributed by atoms with Crippen LogP contribution in [-0.4, -0.2) is 22.6 Å². The van der Waals surface area contributed by atoms with Crippen LogP contribution in [0.2, 0.25) is 0 Å². The highest BCUT2D eigenvalue weighted by atomic mass is 16.3. The zero-order valence-corrected chi connectivity index (χ0v) is 9.02. The second-order valence-corrected chi connectivity index (χ2v) is 4.21. The van der Waals surface area contributed by atoms with Gasteiger partial charge in [-0.2, -0.15) is 0 Å². The molecule has 1 saturated heterocycles. The Morgan fingerprint density at radius 1 is 1.19 bits per heavy atom. The normalized spacial score (nSPS) is 18.8. The van der Waals surface area contributed by atoms with Crippen molar-refractivity contribution in [3.8, 4) is 5.75 Å². The molecule has 1 aromatic carbocycles. The molecule has 0 saturated carbocycles. The number of rotatable bonds is 1. The van der Waals surface area contributed by atoms with Crippen LogP contribution >= 0.6 is 0 Å². The van der Waals surface area contributed by atoms with E-state index in [4.69, 9.17) is 5.11 Å². The number of phenols is 1. The minimum absolute atomic E-state index is 0.0927. The van der Waals surface area contributed by atoms with E-state index in [1.807, 2.05) is 0 Å². The molecule has 2 rings (SSSR count). The predicted octanol–water partition coefficient (Wildman–Crippen LogP) is 1.23. The molecule has 1 fully saturated rings. The molecule has 1 aromatic rings. The van der Waals surface area contributed by atoms with Crippen molar-refractivity contribution in [2.24, 2.45) is 0 Å². The maximum atomic E-state index is 11.9. The van der Waals surface area contributed by atoms with Crippen molar-refractivity contribution in [3.05, 3.63) is 24.3 Å². The number of carbonyl (C=O) groups is 2. The molecule has 0 unspecified atom stereocenters. The third-order valence-electron chi connectivity index (χ3n) is 2.47. The quantitative estimate of drug-likeness (QED) is 0.699. The van der Waals surface area contributed by atoms with Crippen LogP contribution in [0.4, 0.5) is 10.5 Å². The minimum atomic E-state index is -0.880. The SMILES string of the molecule is CC1(C)NC(=O)N(c2ccc(O)cc2)C1=O. The summed E-state index contributed by atoms with van der Waals surface area (Å²) in [6.07, 6.45) is 0. The Hall–Kier alpha value is -2.04. The number of hydrogen-bond donors (Lipinski definition) is 2. The van der Waals surface area contributed by atoms with Gasteiger partial charge in [0.2, 0.25) is 0 Å². The summed E-state index contributed by atoms with van der Waals surface area (Å²) >= 11 is 0. The van der Waals surface area contributed by atoms with Crippen LogP contribution in [0.15, 0.2) is 24.3 Å². The lowest BCUT2D eigenvalue weighted by Crippen LogP contribution is -2.40. The van der Waals surface area contributed by atoms with Gasteiger partial charge in [-0.3, -0.25) is 4.79 Å². The van der Waals surface area contributed by atoms with E-state index in [9.17, 15) is 9.59 Å². The van der Waals surface area contributed by atoms with Gasteiger partial charge in [0.15, 0.2) is 0 Å². The summed E-state index contributed by atoms with van der Waals surface area (Å²) in [7, 11) is 0. The van der Waals surface area contributed by atoms with Crippen LogP contribution in [0, 0.1) is 0 Å². The van der Waals surface area contributed by atoms with Gasteiger partial charge in [-0.05, 0) is 38.1 Å². The summed E-state index contributed by atoms with van der Waals surface area (Å²) in [6, 6.07) is 5.46. The fraction of sp³-hybridized carbons (Fsp3) is 0.273. The molecule has 1 aliphatic rings. The Bertz CT molecular complexity index is 451. The van der Waals surface area contributed by atoms with E-state index in [0.29, 0.717) is 5.69 Å². The van der Waals surface area contributed by atoms with Crippen LogP contribution in [0.25, 0.3) is 0 Å². The van der Waals surface area contributed by atoms with Crippen molar-refractivity contribution in [2.75, 3.05) is 4.90 Å². The van der Waals surface area contributed by atoms with Gasteiger partial charge in [0, 0.05) is 0 Å². The second kappa shape index (κ2) is 3.23. The standard InChI is InChI=1S/C11H12N2O3/c1-11(2)9(15)13(10(16)12-11)7-3-5-8(14)6-4-7/h3-6,14H,1-2H3,(H,12,16). The summed E-state index contributed by atoms with van der Waals surface area (Å²) < 4.78 is 0. The molecule has 1 heterocycles. The molecular weight excluding hydrogens is 208 g/mol. The van der Waals surface area contributed by atoms with Crippen molar-refractivity contribution in [3.63, 3.8) is 0 Å². The van der Waals surface area contributed by atoms with Crippen molar-refractivity contribution in [1.29, 1.82) is 0 Å². The van der Waals surface area contributed by atoms with Crippen LogP contribution in [0.1, 0.15) is 13.8 Å². The number of benzene rings is 1. The predicted molar refractivity (Wildman–Crippen MR) is 58.2 cm³/mol. The first kappa shape index (κ1) is 10.5. The first-order valence-electron chi connectivity index (χ1n) is 4.87. The van der Waals surface area contributed by atoms with Gasteiger partial charge in [0.25, 0.3) is 5.91 Å². The maximum absolute atomic E-state index is 11.9. The molecule has 5 heteroatoms. The number of aromatic hydroxyl groups is 1. The molecule has 5 nitrogen and oxygen atoms in total. The molecule has 0 bridgehead atoms. The molecule has 0 spiro atoms. The summed E-state index contributed by atoms with van der Waals surface area (Å²) in [4.78, 5) is 24.6. The minimum Gasteiger partial charge on any atom is -0.508 e. The lowest BCUT2D eigenvalue weighted by Gasteiger charge is -2.15. The third-order valence-corrected chi connectivity index (χ3v) is 2.47. The number of carbonyl (C=O) groups excluding carboxylic acids is 2. The monoisotopic (exact) mass is 220 g/mol. The van der Waals surface area contributed by atoms with Crippen molar-refractivity contribution < 1.29 is 14.7 Å². The fourth-order valence-corrected chi connectivity index (χ4v) is 1.58. The van der Waals surface area contributed by atoms with Gasteiger partial charge in [-0.15, -0.1) is 0 Å². The van der Waals surface area contributed by atoms with Crippen molar-refractivity contribution in [2.45, 2.75) is 19.4 Å². The molecule has 0 aliphatic carbocycles. The highest BCUT2D eigenvalue weighted by molar-refractivity contribution is 6.22. The number of nitrogens with zero attached hydrogens (tertiary/aromatic N) is 1. The lowest BCUT2D eigenvalue weighted by atomic mass is 10.1. The van der Waals surface area contributed by atoms with Gasteiger partial charge in [-0.25, -0.2) is 9.69 Å². The summed E-state index contributed by atoms with van der Waals surface area (Å²) in [5, 5.41) is 11.7. The number of phenolic OH excluding ortho intramolecular Hbond substituents is 1. The molecular formula is C11H12N2O3. The second-order valence-electron chi connectivity index (χ2n) is 4.21. The van der Waals surface area contributed by atoms with E-state index >= 15 is 0 Å². The number of nitrogens with one attached hydrogen (secondary N) is 1. The highest BCUT2D eigenvalue weighted by Gasteiger charge is 2.44. The zero-order valence-electron chi connectivity index (χ0n) is 9.02. The fourth-order valence-electron chi connectivity index (χ4n) is 1.58. The van der Waals surface area contributed by atoms with E-state index < -0.39 is 11.6 Å². The number of anilines is 1. The Morgan fingerprint density at radius 3 is 2.19 bits per heavy atom. The first-order valence-corrected chi connectivity index (χ1v) is 4.87. The van der Waals surface area contributed by atoms with E-state index in [2.05, 4.69) is 5.32 Å². The van der Waals surface area contributed by atoms with Gasteiger partial charge in [0.1, 0.15) is 11.3 Å². The van der Waals surface area contributed by atoms with E-state index in [1.54, 1.807) is 13.8 Å². The first-order chi connectivity index (χ1) is 7.42. The summed E-state index contributed by atoms with van der Waals surface area (Å²) in [6.45, 7) is 3.29. The van der Waals surface area contributed by atoms with Crippen LogP contribution in [0.3, 0.4) is 0 Å². The summed E-state index contributed by atoms with van der Waals surface area (Å²) in [5.41, 5.74) is -0.430. The van der Waals surface area contributed by atoms with Crippen LogP contribution in [-0.2, 0) is 4.79 Å². The molecule has 16 heavy (non-hydrogen) atoms. The number of amides is 3. The number of imide groups is 1. The lowest BCUT2D eigenvalue weighted by molar-refractivity contribution is -0.121. The third kappa shape index (κ3) is 1.50. The molecule has 0 atom stereocenters. The number of urea groups is 1. The highest BCUT2D eigenvalue weighted by Crippen LogP contribution is 2.25. The van der Waals surface area contributed by atoms with Crippen LogP contribution in [0.5, 0.6) is 5.75 Å². The van der Waals surface area contributed by atoms with E-state index in [1.165, 1.54) is 24.3 Å². The van der Waals surface area contributed by atoms with E-state index in [0.717, 1.165) is 4.90 Å². The Kier molecular flexibility index (Phi) is 2.11. The molecule has 3 amide bonds. The van der Waals surface area contributed by atoms with Gasteiger partial charge >= 0.3 is 6.03 Å². The average molecular weight is 220 g/mol. The Morgan fingerprint density at radius 2 is 1.75 bits per heavy atom. The molecule has 0 radical (unpaired) electrons. The van der Waals surface area contributed by atoms with Gasteiger partial charge in [0.05, 0.1) is 5.69 Å². The largest absolute Gasteiger partial charge is 0.508 e. The topological polar surface area (TPSA) is 69.6 Å². The summed E-state index contributed by atoms with van der Waals surface area (Å²) in [5.74, 6) is -0.210. The Balaban J connectivity index is 2.39. The van der Waals surface area contributed by atoms with Crippen molar-refractivity contribution >= 4 is 17.6 Å². The number of hydrogen-bond acceptors (Lipinski definition) is 3. The van der Waals surface area contributed by atoms with Gasteiger partial charge < -0.3 is 10.4 Å². The molecule has 84 valence electrons. The average Bonchev–Trinajstić information content (AvgIpc) is 2.39. The van der Waals surface area contributed by atoms with Gasteiger partial charge in [-0.1, -0.05) is 0 Å². The smallest absolute Gasteiger partial charge is 0.329 e. The molecule has 0 aromatic heterocycles. The zero-order chi connectivity index (χ0) is 11.9.